The van der Waals surface area contributed by atoms with Crippen LogP contribution in [-0.4, -0.2) is 11.0 Å². The van der Waals surface area contributed by atoms with E-state index in [1.54, 1.807) is 12.2 Å². The molecule has 64 valence electrons. The van der Waals surface area contributed by atoms with E-state index in [4.69, 9.17) is 5.11 Å². The van der Waals surface area contributed by atoms with Gasteiger partial charge in [-0.1, -0.05) is 0 Å². The molecule has 0 spiro atoms. The molecule has 2 N–H and O–H groups in total. The molecule has 1 aliphatic carbocycles. The number of piperidine rings is 1. The topological polar surface area (TPSA) is 49.3 Å². The zero-order valence-electron chi connectivity index (χ0n) is 6.71. The van der Waals surface area contributed by atoms with Crippen molar-refractivity contribution in [2.75, 3.05) is 0 Å². The number of allylic oxidation sites excluding steroid dienone is 3. The van der Waals surface area contributed by atoms with Gasteiger partial charge in [0.05, 0.1) is 0 Å². The number of fused-ring (bicyclic) bond motifs is 1. The van der Waals surface area contributed by atoms with Crippen molar-refractivity contribution < 1.29 is 9.90 Å². The number of aliphatic hydroxyl groups excluding tert-OH is 1. The van der Waals surface area contributed by atoms with Crippen LogP contribution in [0, 0.1) is 5.92 Å². The zero-order valence-corrected chi connectivity index (χ0v) is 6.71. The summed E-state index contributed by atoms with van der Waals surface area (Å²) in [6.45, 7) is 0. The Morgan fingerprint density at radius 1 is 1.58 bits per heavy atom. The summed E-state index contributed by atoms with van der Waals surface area (Å²) in [5.41, 5.74) is 0.881. The number of amides is 1. The van der Waals surface area contributed by atoms with Gasteiger partial charge < -0.3 is 10.4 Å². The lowest BCUT2D eigenvalue weighted by molar-refractivity contribution is -0.121. The number of hydrogen-bond acceptors (Lipinski definition) is 2. The Bertz CT molecular complexity index is 278. The molecule has 3 heteroatoms. The molecule has 1 saturated heterocycles. The molecule has 2 rings (SSSR count). The summed E-state index contributed by atoms with van der Waals surface area (Å²) in [4.78, 5) is 11.0. The maximum atomic E-state index is 11.0. The maximum absolute atomic E-state index is 11.0. The highest BCUT2D eigenvalue weighted by Crippen LogP contribution is 2.28. The number of rotatable bonds is 0. The van der Waals surface area contributed by atoms with E-state index in [9.17, 15) is 4.79 Å². The predicted octanol–water partition coefficient (Wildman–Crippen LogP) is 1.24. The molecule has 12 heavy (non-hydrogen) atoms. The standard InChI is InChI=1S/C9H11NO2/c11-7-3-1-6-2-4-9(12)10-8(6)5-7/h3,5-6,11H,1-2,4H2,(H,10,12). The highest BCUT2D eigenvalue weighted by molar-refractivity contribution is 5.79. The smallest absolute Gasteiger partial charge is 0.224 e. The van der Waals surface area contributed by atoms with Gasteiger partial charge in [-0.15, -0.1) is 0 Å². The summed E-state index contributed by atoms with van der Waals surface area (Å²) in [7, 11) is 0. The van der Waals surface area contributed by atoms with Crippen LogP contribution < -0.4 is 5.32 Å². The maximum Gasteiger partial charge on any atom is 0.224 e. The Morgan fingerprint density at radius 2 is 2.42 bits per heavy atom. The summed E-state index contributed by atoms with van der Waals surface area (Å²) in [5, 5.41) is 11.9. The van der Waals surface area contributed by atoms with E-state index < -0.39 is 0 Å². The largest absolute Gasteiger partial charge is 0.508 e. The third-order valence-electron chi connectivity index (χ3n) is 2.36. The van der Waals surface area contributed by atoms with Gasteiger partial charge in [-0.3, -0.25) is 4.79 Å². The Balaban J connectivity index is 2.21. The van der Waals surface area contributed by atoms with Crippen molar-refractivity contribution in [3.05, 3.63) is 23.6 Å². The molecule has 1 heterocycles. The lowest BCUT2D eigenvalue weighted by atomic mass is 9.88. The lowest BCUT2D eigenvalue weighted by Gasteiger charge is -2.27. The van der Waals surface area contributed by atoms with Gasteiger partial charge in [-0.25, -0.2) is 0 Å². The minimum Gasteiger partial charge on any atom is -0.508 e. The van der Waals surface area contributed by atoms with Crippen molar-refractivity contribution in [2.24, 2.45) is 5.92 Å². The number of aliphatic hydroxyl groups is 1. The fraction of sp³-hybridized carbons (Fsp3) is 0.444. The molecule has 0 aromatic carbocycles. The molecular weight excluding hydrogens is 154 g/mol. The van der Waals surface area contributed by atoms with Crippen molar-refractivity contribution >= 4 is 5.91 Å². The van der Waals surface area contributed by atoms with Gasteiger partial charge in [0.15, 0.2) is 0 Å². The van der Waals surface area contributed by atoms with Crippen LogP contribution in [0.5, 0.6) is 0 Å². The number of carbonyl (C=O) groups is 1. The molecule has 1 amide bonds. The van der Waals surface area contributed by atoms with E-state index in [1.807, 2.05) is 0 Å². The average Bonchev–Trinajstić information content (AvgIpc) is 2.03. The number of hydrogen-bond donors (Lipinski definition) is 2. The molecule has 1 aliphatic heterocycles. The Kier molecular flexibility index (Phi) is 1.64. The normalized spacial score (nSPS) is 28.3. The fourth-order valence-corrected chi connectivity index (χ4v) is 1.67. The predicted molar refractivity (Wildman–Crippen MR) is 44.3 cm³/mol. The molecule has 0 saturated carbocycles. The molecule has 1 fully saturated rings. The Morgan fingerprint density at radius 3 is 3.25 bits per heavy atom. The van der Waals surface area contributed by atoms with E-state index in [1.165, 1.54) is 0 Å². The van der Waals surface area contributed by atoms with Crippen LogP contribution in [0.15, 0.2) is 23.6 Å². The zero-order chi connectivity index (χ0) is 8.55. The van der Waals surface area contributed by atoms with Gasteiger partial charge in [-0.2, -0.15) is 0 Å². The molecule has 0 radical (unpaired) electrons. The van der Waals surface area contributed by atoms with Crippen LogP contribution in [0.2, 0.25) is 0 Å². The highest BCUT2D eigenvalue weighted by atomic mass is 16.3. The molecule has 0 bridgehead atoms. The second kappa shape index (κ2) is 2.66. The summed E-state index contributed by atoms with van der Waals surface area (Å²) < 4.78 is 0. The van der Waals surface area contributed by atoms with Crippen LogP contribution in [0.25, 0.3) is 0 Å². The second-order valence-corrected chi connectivity index (χ2v) is 3.25. The average molecular weight is 165 g/mol. The van der Waals surface area contributed by atoms with Crippen molar-refractivity contribution in [3.8, 4) is 0 Å². The van der Waals surface area contributed by atoms with E-state index in [0.717, 1.165) is 18.5 Å². The van der Waals surface area contributed by atoms with Crippen LogP contribution >= 0.6 is 0 Å². The van der Waals surface area contributed by atoms with Gasteiger partial charge in [-0.05, 0) is 25.0 Å². The van der Waals surface area contributed by atoms with Crippen LogP contribution in [0.1, 0.15) is 19.3 Å². The van der Waals surface area contributed by atoms with Crippen LogP contribution in [-0.2, 0) is 4.79 Å². The molecule has 1 atom stereocenters. The van der Waals surface area contributed by atoms with Crippen molar-refractivity contribution in [1.82, 2.24) is 5.32 Å². The third kappa shape index (κ3) is 1.22. The summed E-state index contributed by atoms with van der Waals surface area (Å²) in [5.74, 6) is 0.745. The minimum absolute atomic E-state index is 0.0622. The molecule has 0 aromatic heterocycles. The third-order valence-corrected chi connectivity index (χ3v) is 2.36. The van der Waals surface area contributed by atoms with Gasteiger partial charge in [0, 0.05) is 18.0 Å². The molecule has 3 nitrogen and oxygen atoms in total. The van der Waals surface area contributed by atoms with Crippen molar-refractivity contribution in [3.63, 3.8) is 0 Å². The highest BCUT2D eigenvalue weighted by Gasteiger charge is 2.24. The molecule has 0 aromatic rings. The number of carbonyl (C=O) groups excluding carboxylic acids is 1. The first kappa shape index (κ1) is 7.40. The molecule has 2 aliphatic rings. The quantitative estimate of drug-likeness (QED) is 0.567. The van der Waals surface area contributed by atoms with Crippen molar-refractivity contribution in [2.45, 2.75) is 19.3 Å². The Hall–Kier alpha value is -1.25. The van der Waals surface area contributed by atoms with Gasteiger partial charge in [0.2, 0.25) is 5.91 Å². The summed E-state index contributed by atoms with van der Waals surface area (Å²) in [6, 6.07) is 0. The summed E-state index contributed by atoms with van der Waals surface area (Å²) >= 11 is 0. The molecular formula is C9H11NO2. The first-order valence-electron chi connectivity index (χ1n) is 4.16. The van der Waals surface area contributed by atoms with Crippen LogP contribution in [0.4, 0.5) is 0 Å². The SMILES string of the molecule is O=C1CCC2CC=C(O)C=C2N1. The lowest BCUT2D eigenvalue weighted by Crippen LogP contribution is -2.33. The van der Waals surface area contributed by atoms with Gasteiger partial charge in [0.25, 0.3) is 0 Å². The molecule has 1 unspecified atom stereocenters. The number of nitrogens with one attached hydrogen (secondary N) is 1. The minimum atomic E-state index is 0.0622. The summed E-state index contributed by atoms with van der Waals surface area (Å²) in [6.07, 6.45) is 5.80. The van der Waals surface area contributed by atoms with Crippen molar-refractivity contribution in [1.29, 1.82) is 0 Å². The fourth-order valence-electron chi connectivity index (χ4n) is 1.67. The van der Waals surface area contributed by atoms with E-state index >= 15 is 0 Å². The van der Waals surface area contributed by atoms with Gasteiger partial charge >= 0.3 is 0 Å². The van der Waals surface area contributed by atoms with E-state index in [2.05, 4.69) is 5.32 Å². The first-order chi connectivity index (χ1) is 5.75. The first-order valence-corrected chi connectivity index (χ1v) is 4.16. The van der Waals surface area contributed by atoms with Crippen LogP contribution in [0.3, 0.4) is 0 Å². The Labute approximate surface area is 70.8 Å². The second-order valence-electron chi connectivity index (χ2n) is 3.25. The van der Waals surface area contributed by atoms with Gasteiger partial charge in [0.1, 0.15) is 5.76 Å². The van der Waals surface area contributed by atoms with E-state index in [0.29, 0.717) is 12.3 Å². The van der Waals surface area contributed by atoms with E-state index in [-0.39, 0.29) is 11.7 Å². The monoisotopic (exact) mass is 165 g/mol.